The molecule has 0 atom stereocenters. The first-order chi connectivity index (χ1) is 13.0. The van der Waals surface area contributed by atoms with Gasteiger partial charge in [0, 0.05) is 31.0 Å². The number of hydrogen-bond donors (Lipinski definition) is 2. The first kappa shape index (κ1) is 19.5. The summed E-state index contributed by atoms with van der Waals surface area (Å²) in [5.74, 6) is 2.61. The largest absolute Gasteiger partial charge is 0.392 e. The normalized spacial score (nSPS) is 14.0. The quantitative estimate of drug-likeness (QED) is 0.707. The lowest BCUT2D eigenvalue weighted by Gasteiger charge is -2.11. The molecule has 1 fully saturated rings. The van der Waals surface area contributed by atoms with E-state index in [9.17, 15) is 9.90 Å². The maximum Gasteiger partial charge on any atom is 0.224 e. The molecule has 3 rings (SSSR count). The second kappa shape index (κ2) is 8.65. The Hall–Kier alpha value is -2.21. The summed E-state index contributed by atoms with van der Waals surface area (Å²) in [5.41, 5.74) is 2.59. The summed E-state index contributed by atoms with van der Waals surface area (Å²) in [4.78, 5) is 12.4. The van der Waals surface area contributed by atoms with Crippen LogP contribution >= 0.6 is 0 Å². The fourth-order valence-electron chi connectivity index (χ4n) is 3.28. The molecule has 1 amide bonds. The van der Waals surface area contributed by atoms with E-state index in [0.717, 1.165) is 41.3 Å². The van der Waals surface area contributed by atoms with Crippen molar-refractivity contribution in [3.63, 3.8) is 0 Å². The maximum absolute atomic E-state index is 12.4. The Balaban J connectivity index is 1.60. The topological polar surface area (TPSA) is 80.0 Å². The third-order valence-corrected chi connectivity index (χ3v) is 5.02. The fourth-order valence-corrected chi connectivity index (χ4v) is 3.28. The van der Waals surface area contributed by atoms with Crippen molar-refractivity contribution in [3.8, 4) is 0 Å². The Labute approximate surface area is 161 Å². The van der Waals surface area contributed by atoms with E-state index in [4.69, 9.17) is 0 Å². The zero-order chi connectivity index (χ0) is 19.4. The number of benzene rings is 1. The van der Waals surface area contributed by atoms with Gasteiger partial charge >= 0.3 is 0 Å². The van der Waals surface area contributed by atoms with Gasteiger partial charge in [0.15, 0.2) is 0 Å². The van der Waals surface area contributed by atoms with Crippen molar-refractivity contribution in [2.45, 2.75) is 71.9 Å². The molecule has 0 bridgehead atoms. The van der Waals surface area contributed by atoms with E-state index in [0.29, 0.717) is 24.8 Å². The fraction of sp³-hybridized carbons (Fsp3) is 0.571. The Morgan fingerprint density at radius 1 is 1.26 bits per heavy atom. The van der Waals surface area contributed by atoms with Crippen molar-refractivity contribution >= 4 is 11.6 Å². The predicted octanol–water partition coefficient (Wildman–Crippen LogP) is 3.57. The van der Waals surface area contributed by atoms with Crippen molar-refractivity contribution in [1.82, 2.24) is 14.8 Å². The SMILES string of the molecule is Cc1cc(CO)ccc1NC(=O)CCc1nnc(CCC(C)C)n1C1CC1. The lowest BCUT2D eigenvalue weighted by molar-refractivity contribution is -0.116. The molecule has 1 aliphatic carbocycles. The lowest BCUT2D eigenvalue weighted by Crippen LogP contribution is -2.15. The summed E-state index contributed by atoms with van der Waals surface area (Å²) in [6.07, 6.45) is 5.41. The van der Waals surface area contributed by atoms with Crippen LogP contribution in [0.2, 0.25) is 0 Å². The number of aryl methyl sites for hydroxylation is 3. The van der Waals surface area contributed by atoms with Crippen LogP contribution in [-0.2, 0) is 24.2 Å². The van der Waals surface area contributed by atoms with Crippen molar-refractivity contribution in [2.75, 3.05) is 5.32 Å². The van der Waals surface area contributed by atoms with Crippen LogP contribution in [-0.4, -0.2) is 25.8 Å². The van der Waals surface area contributed by atoms with Gasteiger partial charge < -0.3 is 15.0 Å². The third kappa shape index (κ3) is 5.16. The van der Waals surface area contributed by atoms with E-state index in [-0.39, 0.29) is 12.5 Å². The van der Waals surface area contributed by atoms with E-state index in [1.165, 1.54) is 12.8 Å². The molecule has 27 heavy (non-hydrogen) atoms. The molecule has 0 saturated heterocycles. The second-order valence-electron chi connectivity index (χ2n) is 7.92. The molecular weight excluding hydrogens is 340 g/mol. The summed E-state index contributed by atoms with van der Waals surface area (Å²) in [5, 5.41) is 20.9. The molecule has 0 radical (unpaired) electrons. The number of hydrogen-bond acceptors (Lipinski definition) is 4. The predicted molar refractivity (Wildman–Crippen MR) is 106 cm³/mol. The minimum Gasteiger partial charge on any atom is -0.392 e. The van der Waals surface area contributed by atoms with Gasteiger partial charge in [-0.2, -0.15) is 0 Å². The summed E-state index contributed by atoms with van der Waals surface area (Å²) in [6.45, 7) is 6.38. The van der Waals surface area contributed by atoms with Gasteiger partial charge in [0.05, 0.1) is 6.61 Å². The van der Waals surface area contributed by atoms with Crippen LogP contribution in [0.15, 0.2) is 18.2 Å². The van der Waals surface area contributed by atoms with Gasteiger partial charge in [0.1, 0.15) is 11.6 Å². The molecule has 6 nitrogen and oxygen atoms in total. The average molecular weight is 370 g/mol. The number of aliphatic hydroxyl groups excluding tert-OH is 1. The molecule has 6 heteroatoms. The number of carbonyl (C=O) groups excluding carboxylic acids is 1. The van der Waals surface area contributed by atoms with Gasteiger partial charge in [-0.1, -0.05) is 26.0 Å². The summed E-state index contributed by atoms with van der Waals surface area (Å²) >= 11 is 0. The number of nitrogens with one attached hydrogen (secondary N) is 1. The van der Waals surface area contributed by atoms with Crippen LogP contribution < -0.4 is 5.32 Å². The highest BCUT2D eigenvalue weighted by Crippen LogP contribution is 2.37. The second-order valence-corrected chi connectivity index (χ2v) is 7.92. The highest BCUT2D eigenvalue weighted by Gasteiger charge is 2.29. The van der Waals surface area contributed by atoms with Gasteiger partial charge in [-0.15, -0.1) is 10.2 Å². The standard InChI is InChI=1S/C21H30N4O2/c1-14(2)4-9-19-23-24-20(25(19)17-6-7-17)10-11-21(27)22-18-8-5-16(13-26)12-15(18)3/h5,8,12,14,17,26H,4,6-7,9-11,13H2,1-3H3,(H,22,27). The lowest BCUT2D eigenvalue weighted by atomic mass is 10.1. The summed E-state index contributed by atoms with van der Waals surface area (Å²) in [6, 6.07) is 6.08. The average Bonchev–Trinajstić information content (AvgIpc) is 3.40. The zero-order valence-electron chi connectivity index (χ0n) is 16.5. The highest BCUT2D eigenvalue weighted by atomic mass is 16.3. The number of carbonyl (C=O) groups is 1. The first-order valence-corrected chi connectivity index (χ1v) is 9.90. The van der Waals surface area contributed by atoms with Crippen LogP contribution in [0.25, 0.3) is 0 Å². The van der Waals surface area contributed by atoms with Crippen LogP contribution in [0.1, 0.15) is 68.3 Å². The van der Waals surface area contributed by atoms with Gasteiger partial charge in [-0.05, 0) is 49.3 Å². The van der Waals surface area contributed by atoms with E-state index < -0.39 is 0 Å². The molecule has 146 valence electrons. The number of anilines is 1. The van der Waals surface area contributed by atoms with Crippen molar-refractivity contribution in [3.05, 3.63) is 41.0 Å². The summed E-state index contributed by atoms with van der Waals surface area (Å²) < 4.78 is 2.27. The molecule has 0 spiro atoms. The molecule has 2 aromatic rings. The molecular formula is C21H30N4O2. The van der Waals surface area contributed by atoms with Crippen LogP contribution in [0.5, 0.6) is 0 Å². The Bertz CT molecular complexity index is 793. The van der Waals surface area contributed by atoms with Gasteiger partial charge in [-0.25, -0.2) is 0 Å². The van der Waals surface area contributed by atoms with E-state index in [2.05, 4.69) is 33.9 Å². The zero-order valence-corrected chi connectivity index (χ0v) is 16.5. The van der Waals surface area contributed by atoms with E-state index >= 15 is 0 Å². The first-order valence-electron chi connectivity index (χ1n) is 9.90. The Morgan fingerprint density at radius 3 is 2.56 bits per heavy atom. The third-order valence-electron chi connectivity index (χ3n) is 5.02. The summed E-state index contributed by atoms with van der Waals surface area (Å²) in [7, 11) is 0. The van der Waals surface area contributed by atoms with Gasteiger partial charge in [0.2, 0.25) is 5.91 Å². The van der Waals surface area contributed by atoms with Crippen molar-refractivity contribution in [1.29, 1.82) is 0 Å². The molecule has 1 heterocycles. The van der Waals surface area contributed by atoms with E-state index in [1.54, 1.807) is 0 Å². The van der Waals surface area contributed by atoms with Gasteiger partial charge in [-0.3, -0.25) is 4.79 Å². The number of amides is 1. The molecule has 1 aliphatic rings. The number of rotatable bonds is 9. The molecule has 1 aromatic heterocycles. The maximum atomic E-state index is 12.4. The monoisotopic (exact) mass is 370 g/mol. The molecule has 0 unspecified atom stereocenters. The van der Waals surface area contributed by atoms with Crippen molar-refractivity contribution in [2.24, 2.45) is 5.92 Å². The molecule has 1 aromatic carbocycles. The smallest absolute Gasteiger partial charge is 0.224 e. The van der Waals surface area contributed by atoms with Crippen LogP contribution in [0.3, 0.4) is 0 Å². The van der Waals surface area contributed by atoms with Crippen LogP contribution in [0, 0.1) is 12.8 Å². The molecule has 2 N–H and O–H groups in total. The number of nitrogens with zero attached hydrogens (tertiary/aromatic N) is 3. The van der Waals surface area contributed by atoms with E-state index in [1.807, 2.05) is 25.1 Å². The number of aromatic nitrogens is 3. The van der Waals surface area contributed by atoms with Crippen molar-refractivity contribution < 1.29 is 9.90 Å². The minimum atomic E-state index is -0.0241. The number of aliphatic hydroxyl groups is 1. The van der Waals surface area contributed by atoms with Gasteiger partial charge in [0.25, 0.3) is 0 Å². The molecule has 0 aliphatic heterocycles. The minimum absolute atomic E-state index is 0.00499. The molecule has 1 saturated carbocycles. The Kier molecular flexibility index (Phi) is 6.26. The highest BCUT2D eigenvalue weighted by molar-refractivity contribution is 5.91. The Morgan fingerprint density at radius 2 is 1.96 bits per heavy atom. The van der Waals surface area contributed by atoms with Crippen LogP contribution in [0.4, 0.5) is 5.69 Å².